The first-order valence-corrected chi connectivity index (χ1v) is 8.10. The van der Waals surface area contributed by atoms with Crippen LogP contribution in [0.3, 0.4) is 0 Å². The summed E-state index contributed by atoms with van der Waals surface area (Å²) >= 11 is 0. The van der Waals surface area contributed by atoms with Crippen LogP contribution in [0.5, 0.6) is 11.5 Å². The lowest BCUT2D eigenvalue weighted by molar-refractivity contribution is 0.395. The van der Waals surface area contributed by atoms with Crippen LogP contribution in [0.15, 0.2) is 48.7 Å². The lowest BCUT2D eigenvalue weighted by Gasteiger charge is -2.10. The Morgan fingerprint density at radius 2 is 1.92 bits per heavy atom. The van der Waals surface area contributed by atoms with Gasteiger partial charge in [-0.25, -0.2) is 9.37 Å². The summed E-state index contributed by atoms with van der Waals surface area (Å²) in [6, 6.07) is 12.1. The number of methoxy groups -OCH3 is 2. The van der Waals surface area contributed by atoms with E-state index >= 15 is 0 Å². The average Bonchev–Trinajstić information content (AvgIpc) is 2.69. The summed E-state index contributed by atoms with van der Waals surface area (Å²) in [5, 5.41) is 11.0. The molecule has 0 saturated carbocycles. The summed E-state index contributed by atoms with van der Waals surface area (Å²) in [5.74, 6) is 1.47. The maximum Gasteiger partial charge on any atom is 0.243 e. The van der Waals surface area contributed by atoms with Crippen molar-refractivity contribution in [1.29, 1.82) is 0 Å². The van der Waals surface area contributed by atoms with Crippen molar-refractivity contribution < 1.29 is 13.9 Å². The molecule has 1 aromatic heterocycles. The van der Waals surface area contributed by atoms with Crippen LogP contribution >= 0.6 is 0 Å². The fraction of sp³-hybridized carbons (Fsp3) is 0.211. The first-order chi connectivity index (χ1) is 12.7. The van der Waals surface area contributed by atoms with E-state index in [1.165, 1.54) is 6.07 Å². The maximum atomic E-state index is 13.7. The van der Waals surface area contributed by atoms with Crippen molar-refractivity contribution in [2.24, 2.45) is 0 Å². The van der Waals surface area contributed by atoms with Gasteiger partial charge in [0, 0.05) is 18.2 Å². The minimum atomic E-state index is -0.218. The Morgan fingerprint density at radius 3 is 2.69 bits per heavy atom. The molecule has 6 nitrogen and oxygen atoms in total. The van der Waals surface area contributed by atoms with Crippen molar-refractivity contribution in [2.45, 2.75) is 6.42 Å². The Kier molecular flexibility index (Phi) is 5.58. The van der Waals surface area contributed by atoms with E-state index in [2.05, 4.69) is 20.5 Å². The van der Waals surface area contributed by atoms with Gasteiger partial charge in [-0.3, -0.25) is 0 Å². The van der Waals surface area contributed by atoms with Crippen molar-refractivity contribution in [3.05, 3.63) is 60.0 Å². The van der Waals surface area contributed by atoms with Gasteiger partial charge in [-0.15, -0.1) is 5.10 Å². The van der Waals surface area contributed by atoms with Crippen LogP contribution in [0, 0.1) is 5.82 Å². The first kappa shape index (κ1) is 17.6. The summed E-state index contributed by atoms with van der Waals surface area (Å²) in [5.41, 5.74) is 2.04. The number of nitrogens with one attached hydrogen (secondary N) is 1. The molecule has 0 unspecified atom stereocenters. The Bertz CT molecular complexity index is 889. The highest BCUT2D eigenvalue weighted by atomic mass is 19.1. The summed E-state index contributed by atoms with van der Waals surface area (Å²) in [7, 11) is 3.18. The third-order valence-electron chi connectivity index (χ3n) is 3.88. The summed E-state index contributed by atoms with van der Waals surface area (Å²) < 4.78 is 24.3. The zero-order valence-corrected chi connectivity index (χ0v) is 14.6. The van der Waals surface area contributed by atoms with Gasteiger partial charge in [-0.05, 0) is 30.2 Å². The fourth-order valence-electron chi connectivity index (χ4n) is 2.53. The lowest BCUT2D eigenvalue weighted by atomic mass is 10.1. The molecule has 0 saturated heterocycles. The third kappa shape index (κ3) is 4.05. The Hall–Kier alpha value is -3.22. The van der Waals surface area contributed by atoms with Crippen LogP contribution in [0.4, 0.5) is 10.3 Å². The molecule has 0 aliphatic rings. The van der Waals surface area contributed by atoms with Crippen LogP contribution in [-0.2, 0) is 6.42 Å². The fourth-order valence-corrected chi connectivity index (χ4v) is 2.53. The molecule has 1 N–H and O–H groups in total. The molecule has 0 atom stereocenters. The molecule has 0 radical (unpaired) electrons. The maximum absolute atomic E-state index is 13.7. The smallest absolute Gasteiger partial charge is 0.243 e. The number of nitrogens with zero attached hydrogens (tertiary/aromatic N) is 3. The van der Waals surface area contributed by atoms with Gasteiger partial charge in [0.15, 0.2) is 0 Å². The molecule has 1 heterocycles. The molecule has 2 aromatic carbocycles. The van der Waals surface area contributed by atoms with Gasteiger partial charge >= 0.3 is 0 Å². The predicted octanol–water partition coefficient (Wildman–Crippen LogP) is 3.35. The molecule has 3 rings (SSSR count). The summed E-state index contributed by atoms with van der Waals surface area (Å²) in [6.45, 7) is 0.492. The summed E-state index contributed by atoms with van der Waals surface area (Å²) in [4.78, 5) is 4.46. The van der Waals surface area contributed by atoms with E-state index in [9.17, 15) is 4.39 Å². The summed E-state index contributed by atoms with van der Waals surface area (Å²) in [6.07, 6.45) is 2.08. The normalized spacial score (nSPS) is 10.4. The minimum absolute atomic E-state index is 0.218. The Labute approximate surface area is 151 Å². The standard InChI is InChI=1S/C19H19FN4O2/c1-25-14-7-8-15(18(11-14)26-2)17-12-22-24-19(23-17)21-10-9-13-5-3-4-6-16(13)20/h3-8,11-12H,9-10H2,1-2H3,(H,21,23,24). The largest absolute Gasteiger partial charge is 0.497 e. The molecule has 134 valence electrons. The van der Waals surface area contributed by atoms with E-state index in [1.807, 2.05) is 18.2 Å². The number of rotatable bonds is 7. The van der Waals surface area contributed by atoms with Crippen molar-refractivity contribution in [2.75, 3.05) is 26.1 Å². The number of hydrogen-bond acceptors (Lipinski definition) is 6. The van der Waals surface area contributed by atoms with Crippen molar-refractivity contribution in [3.8, 4) is 22.8 Å². The highest BCUT2D eigenvalue weighted by Gasteiger charge is 2.11. The predicted molar refractivity (Wildman–Crippen MR) is 97.0 cm³/mol. The molecule has 0 spiro atoms. The van der Waals surface area contributed by atoms with E-state index in [0.29, 0.717) is 41.7 Å². The molecule has 7 heteroatoms. The molecule has 3 aromatic rings. The third-order valence-corrected chi connectivity index (χ3v) is 3.88. The number of aromatic nitrogens is 3. The molecule has 0 aliphatic carbocycles. The topological polar surface area (TPSA) is 69.2 Å². The van der Waals surface area contributed by atoms with Crippen molar-refractivity contribution >= 4 is 5.95 Å². The number of anilines is 1. The van der Waals surface area contributed by atoms with Crippen LogP contribution < -0.4 is 14.8 Å². The SMILES string of the molecule is COc1ccc(-c2cnnc(NCCc3ccccc3F)n2)c(OC)c1. The number of halogens is 1. The van der Waals surface area contributed by atoms with Gasteiger partial charge in [0.2, 0.25) is 5.95 Å². The van der Waals surface area contributed by atoms with E-state index in [-0.39, 0.29) is 5.82 Å². The number of ether oxygens (including phenoxy) is 2. The molecule has 0 bridgehead atoms. The second kappa shape index (κ2) is 8.24. The second-order valence-electron chi connectivity index (χ2n) is 5.50. The van der Waals surface area contributed by atoms with Gasteiger partial charge in [0.05, 0.1) is 26.1 Å². The second-order valence-corrected chi connectivity index (χ2v) is 5.50. The zero-order valence-electron chi connectivity index (χ0n) is 14.6. The molecule has 0 aliphatic heterocycles. The lowest BCUT2D eigenvalue weighted by Crippen LogP contribution is -2.10. The van der Waals surface area contributed by atoms with E-state index in [0.717, 1.165) is 5.56 Å². The molecule has 0 amide bonds. The van der Waals surface area contributed by atoms with Crippen LogP contribution in [0.2, 0.25) is 0 Å². The molecule has 0 fully saturated rings. The Morgan fingerprint density at radius 1 is 1.08 bits per heavy atom. The highest BCUT2D eigenvalue weighted by molar-refractivity contribution is 5.68. The average molecular weight is 354 g/mol. The quantitative estimate of drug-likeness (QED) is 0.702. The highest BCUT2D eigenvalue weighted by Crippen LogP contribution is 2.32. The number of benzene rings is 2. The van der Waals surface area contributed by atoms with E-state index in [1.54, 1.807) is 38.6 Å². The zero-order chi connectivity index (χ0) is 18.4. The van der Waals surface area contributed by atoms with Crippen LogP contribution in [-0.4, -0.2) is 35.9 Å². The molecular weight excluding hydrogens is 335 g/mol. The van der Waals surface area contributed by atoms with Gasteiger partial charge < -0.3 is 14.8 Å². The van der Waals surface area contributed by atoms with Crippen LogP contribution in [0.1, 0.15) is 5.56 Å². The van der Waals surface area contributed by atoms with Gasteiger partial charge in [0.1, 0.15) is 17.3 Å². The van der Waals surface area contributed by atoms with Crippen molar-refractivity contribution in [3.63, 3.8) is 0 Å². The van der Waals surface area contributed by atoms with Gasteiger partial charge in [-0.2, -0.15) is 5.10 Å². The van der Waals surface area contributed by atoms with E-state index < -0.39 is 0 Å². The van der Waals surface area contributed by atoms with Gasteiger partial charge in [0.25, 0.3) is 0 Å². The molecular formula is C19H19FN4O2. The van der Waals surface area contributed by atoms with Crippen LogP contribution in [0.25, 0.3) is 11.3 Å². The van der Waals surface area contributed by atoms with Gasteiger partial charge in [-0.1, -0.05) is 18.2 Å². The Balaban J connectivity index is 1.73. The minimum Gasteiger partial charge on any atom is -0.497 e. The monoisotopic (exact) mass is 354 g/mol. The van der Waals surface area contributed by atoms with Crippen molar-refractivity contribution in [1.82, 2.24) is 15.2 Å². The number of hydrogen-bond donors (Lipinski definition) is 1. The molecule has 26 heavy (non-hydrogen) atoms. The van der Waals surface area contributed by atoms with E-state index in [4.69, 9.17) is 9.47 Å². The first-order valence-electron chi connectivity index (χ1n) is 8.10.